The largest absolute Gasteiger partial charge is 0.430 e. The zero-order chi connectivity index (χ0) is 13.0. The summed E-state index contributed by atoms with van der Waals surface area (Å²) in [6.45, 7) is 1.59. The highest BCUT2D eigenvalue weighted by atomic mass is 19.4. The number of fused-ring (bicyclic) bond motifs is 1. The molecule has 1 aromatic rings. The van der Waals surface area contributed by atoms with E-state index in [1.807, 2.05) is 0 Å². The monoisotopic (exact) mass is 245 g/mol. The number of aliphatic hydroxyl groups is 1. The molecule has 1 unspecified atom stereocenters. The number of alkyl halides is 3. The first-order valence-corrected chi connectivity index (χ1v) is 4.88. The number of likely N-dealkylation sites (N-methyl/N-ethyl adjacent to an activating group) is 1. The Morgan fingerprint density at radius 3 is 2.47 bits per heavy atom. The van der Waals surface area contributed by atoms with Gasteiger partial charge >= 0.3 is 6.18 Å². The van der Waals surface area contributed by atoms with Gasteiger partial charge in [-0.3, -0.25) is 4.79 Å². The lowest BCUT2D eigenvalue weighted by atomic mass is 9.93. The maximum Gasteiger partial charge on any atom is 0.430 e. The average molecular weight is 245 g/mol. The first-order valence-electron chi connectivity index (χ1n) is 4.88. The molecule has 0 aliphatic carbocycles. The summed E-state index contributed by atoms with van der Waals surface area (Å²) in [5, 5.41) is 9.73. The van der Waals surface area contributed by atoms with Crippen LogP contribution in [0.5, 0.6) is 0 Å². The van der Waals surface area contributed by atoms with Crippen LogP contribution in [0, 0.1) is 6.92 Å². The van der Waals surface area contributed by atoms with E-state index in [1.54, 1.807) is 13.0 Å². The highest BCUT2D eigenvalue weighted by Crippen LogP contribution is 2.49. The van der Waals surface area contributed by atoms with Gasteiger partial charge in [0.2, 0.25) is 0 Å². The van der Waals surface area contributed by atoms with Crippen LogP contribution >= 0.6 is 0 Å². The van der Waals surface area contributed by atoms with Crippen LogP contribution in [0.25, 0.3) is 0 Å². The van der Waals surface area contributed by atoms with E-state index in [2.05, 4.69) is 0 Å². The molecule has 92 valence electrons. The summed E-state index contributed by atoms with van der Waals surface area (Å²) in [5.41, 5.74) is -3.20. The van der Waals surface area contributed by atoms with Gasteiger partial charge in [0, 0.05) is 12.6 Å². The minimum Gasteiger partial charge on any atom is -0.368 e. The standard InChI is InChI=1S/C11H10F3NO2/c1-6-4-3-5-7-8(6)15(2)9(16)10(7,17)11(12,13)14/h3-5,17H,1-2H3. The summed E-state index contributed by atoms with van der Waals surface area (Å²) in [6.07, 6.45) is -5.03. The number of halogens is 3. The minimum absolute atomic E-state index is 0.123. The third kappa shape index (κ3) is 1.30. The second kappa shape index (κ2) is 3.22. The lowest BCUT2D eigenvalue weighted by molar-refractivity contribution is -0.253. The Kier molecular flexibility index (Phi) is 2.26. The molecule has 1 aliphatic heterocycles. The molecule has 0 fully saturated rings. The topological polar surface area (TPSA) is 40.5 Å². The third-order valence-electron chi connectivity index (χ3n) is 2.99. The molecule has 0 spiro atoms. The zero-order valence-electron chi connectivity index (χ0n) is 9.17. The number of para-hydroxylation sites is 1. The summed E-state index contributed by atoms with van der Waals surface area (Å²) >= 11 is 0. The van der Waals surface area contributed by atoms with E-state index in [0.717, 1.165) is 11.0 Å². The van der Waals surface area contributed by atoms with Crippen molar-refractivity contribution in [3.8, 4) is 0 Å². The first-order chi connectivity index (χ1) is 7.71. The molecule has 1 N–H and O–H groups in total. The summed E-state index contributed by atoms with van der Waals surface area (Å²) in [6, 6.07) is 4.10. The molecular formula is C11H10F3NO2. The molecule has 1 atom stereocenters. The molecule has 0 aromatic heterocycles. The quantitative estimate of drug-likeness (QED) is 0.756. The molecule has 2 rings (SSSR count). The maximum atomic E-state index is 12.9. The van der Waals surface area contributed by atoms with Gasteiger partial charge in [-0.15, -0.1) is 0 Å². The van der Waals surface area contributed by atoms with Crippen LogP contribution in [0.4, 0.5) is 18.9 Å². The number of anilines is 1. The molecule has 0 bridgehead atoms. The number of carbonyl (C=O) groups excluding carboxylic acids is 1. The van der Waals surface area contributed by atoms with Crippen molar-refractivity contribution in [3.05, 3.63) is 29.3 Å². The van der Waals surface area contributed by atoms with Crippen molar-refractivity contribution in [2.45, 2.75) is 18.7 Å². The second-order valence-electron chi connectivity index (χ2n) is 4.04. The molecule has 17 heavy (non-hydrogen) atoms. The fraction of sp³-hybridized carbons (Fsp3) is 0.364. The molecule has 0 saturated heterocycles. The first kappa shape index (κ1) is 11.9. The molecule has 0 saturated carbocycles. The molecule has 1 aromatic carbocycles. The lowest BCUT2D eigenvalue weighted by Crippen LogP contribution is -2.49. The van der Waals surface area contributed by atoms with Crippen LogP contribution < -0.4 is 4.90 Å². The molecule has 3 nitrogen and oxygen atoms in total. The third-order valence-corrected chi connectivity index (χ3v) is 2.99. The fourth-order valence-corrected chi connectivity index (χ4v) is 2.13. The normalized spacial score (nSPS) is 24.1. The summed E-state index contributed by atoms with van der Waals surface area (Å²) in [4.78, 5) is 12.5. The van der Waals surface area contributed by atoms with Gasteiger partial charge in [-0.05, 0) is 12.5 Å². The maximum absolute atomic E-state index is 12.9. The van der Waals surface area contributed by atoms with Gasteiger partial charge in [-0.2, -0.15) is 13.2 Å². The van der Waals surface area contributed by atoms with E-state index < -0.39 is 23.2 Å². The Morgan fingerprint density at radius 1 is 1.35 bits per heavy atom. The average Bonchev–Trinajstić information content (AvgIpc) is 2.42. The van der Waals surface area contributed by atoms with Gasteiger partial charge in [0.25, 0.3) is 11.5 Å². The Balaban J connectivity index is 2.77. The van der Waals surface area contributed by atoms with Crippen molar-refractivity contribution in [1.82, 2.24) is 0 Å². The molecule has 1 aliphatic rings. The second-order valence-corrected chi connectivity index (χ2v) is 4.04. The highest BCUT2D eigenvalue weighted by Gasteiger charge is 2.66. The van der Waals surface area contributed by atoms with Crippen LogP contribution in [0.2, 0.25) is 0 Å². The number of hydrogen-bond donors (Lipinski definition) is 1. The van der Waals surface area contributed by atoms with E-state index in [4.69, 9.17) is 0 Å². The van der Waals surface area contributed by atoms with Crippen LogP contribution in [0.15, 0.2) is 18.2 Å². The zero-order valence-corrected chi connectivity index (χ0v) is 9.17. The van der Waals surface area contributed by atoms with Gasteiger partial charge in [0.05, 0.1) is 5.69 Å². The van der Waals surface area contributed by atoms with Crippen molar-refractivity contribution in [1.29, 1.82) is 0 Å². The van der Waals surface area contributed by atoms with Crippen LogP contribution in [0.3, 0.4) is 0 Å². The Hall–Kier alpha value is -1.56. The number of aryl methyl sites for hydroxylation is 1. The Labute approximate surface area is 95.5 Å². The highest BCUT2D eigenvalue weighted by molar-refractivity contribution is 6.07. The lowest BCUT2D eigenvalue weighted by Gasteiger charge is -2.24. The van der Waals surface area contributed by atoms with Gasteiger partial charge in [0.1, 0.15) is 0 Å². The number of nitrogens with zero attached hydrogens (tertiary/aromatic N) is 1. The fourth-order valence-electron chi connectivity index (χ4n) is 2.13. The van der Waals surface area contributed by atoms with Crippen molar-refractivity contribution >= 4 is 11.6 Å². The van der Waals surface area contributed by atoms with Crippen LogP contribution in [-0.2, 0) is 10.4 Å². The van der Waals surface area contributed by atoms with Crippen molar-refractivity contribution in [2.75, 3.05) is 11.9 Å². The van der Waals surface area contributed by atoms with Crippen molar-refractivity contribution < 1.29 is 23.1 Å². The number of benzene rings is 1. The molecule has 0 radical (unpaired) electrons. The summed E-state index contributed by atoms with van der Waals surface area (Å²) in [7, 11) is 1.22. The van der Waals surface area contributed by atoms with Gasteiger partial charge in [0.15, 0.2) is 0 Å². The predicted molar refractivity (Wildman–Crippen MR) is 54.5 cm³/mol. The number of hydrogen-bond acceptors (Lipinski definition) is 2. The smallest absolute Gasteiger partial charge is 0.368 e. The van der Waals surface area contributed by atoms with E-state index >= 15 is 0 Å². The summed E-state index contributed by atoms with van der Waals surface area (Å²) < 4.78 is 38.6. The molecule has 6 heteroatoms. The van der Waals surface area contributed by atoms with E-state index in [0.29, 0.717) is 5.56 Å². The number of rotatable bonds is 0. The van der Waals surface area contributed by atoms with Gasteiger partial charge in [-0.25, -0.2) is 0 Å². The molecule has 1 heterocycles. The van der Waals surface area contributed by atoms with Crippen LogP contribution in [-0.4, -0.2) is 24.2 Å². The predicted octanol–water partition coefficient (Wildman–Crippen LogP) is 1.72. The van der Waals surface area contributed by atoms with Gasteiger partial charge < -0.3 is 10.0 Å². The number of amides is 1. The SMILES string of the molecule is Cc1cccc2c1N(C)C(=O)C2(O)C(F)(F)F. The molecule has 1 amide bonds. The molecular weight excluding hydrogens is 235 g/mol. The van der Waals surface area contributed by atoms with E-state index in [-0.39, 0.29) is 5.69 Å². The number of carbonyl (C=O) groups is 1. The van der Waals surface area contributed by atoms with Crippen LogP contribution in [0.1, 0.15) is 11.1 Å². The minimum atomic E-state index is -5.03. The van der Waals surface area contributed by atoms with Crippen molar-refractivity contribution in [3.63, 3.8) is 0 Å². The van der Waals surface area contributed by atoms with Gasteiger partial charge in [-0.1, -0.05) is 18.2 Å². The summed E-state index contributed by atoms with van der Waals surface area (Å²) in [5.74, 6) is -1.37. The van der Waals surface area contributed by atoms with E-state index in [9.17, 15) is 23.1 Å². The Morgan fingerprint density at radius 2 is 1.94 bits per heavy atom. The van der Waals surface area contributed by atoms with Crippen molar-refractivity contribution in [2.24, 2.45) is 0 Å². The van der Waals surface area contributed by atoms with E-state index in [1.165, 1.54) is 13.1 Å². The Bertz CT molecular complexity index is 498.